The summed E-state index contributed by atoms with van der Waals surface area (Å²) in [4.78, 5) is 23.3. The first kappa shape index (κ1) is 15.0. The Hall–Kier alpha value is -1.42. The fraction of sp³-hybridized carbons (Fsp3) is 0.125. The number of aryl methyl sites for hydroxylation is 2. The van der Waals surface area contributed by atoms with Crippen LogP contribution >= 0.6 is 0 Å². The van der Waals surface area contributed by atoms with Crippen molar-refractivity contribution in [1.82, 2.24) is 0 Å². The van der Waals surface area contributed by atoms with E-state index >= 15 is 0 Å². The van der Waals surface area contributed by atoms with Gasteiger partial charge in [-0.1, -0.05) is 36.4 Å². The molecule has 2 aromatic rings. The summed E-state index contributed by atoms with van der Waals surface area (Å²) in [7, 11) is 0. The second-order valence-corrected chi connectivity index (χ2v) is 4.65. The molecule has 0 radical (unpaired) electrons. The van der Waals surface area contributed by atoms with Crippen molar-refractivity contribution in [3.63, 3.8) is 0 Å². The third kappa shape index (κ3) is 2.57. The van der Waals surface area contributed by atoms with E-state index < -0.39 is 5.97 Å². The number of carbonyl (C=O) groups is 2. The van der Waals surface area contributed by atoms with Crippen LogP contribution in [0.5, 0.6) is 0 Å². The van der Waals surface area contributed by atoms with E-state index in [2.05, 4.69) is 0 Å². The van der Waals surface area contributed by atoms with Crippen LogP contribution in [0.2, 0.25) is 0 Å². The number of benzene rings is 2. The SMILES string of the molecule is O=C([O-])c1ccc2c(c1)CCc1ccccc1C2=O.[Na+]. The van der Waals surface area contributed by atoms with Crippen molar-refractivity contribution < 1.29 is 44.3 Å². The number of fused-ring (bicyclic) bond motifs is 2. The third-order valence-electron chi connectivity index (χ3n) is 3.51. The van der Waals surface area contributed by atoms with E-state index in [1.165, 1.54) is 6.07 Å². The summed E-state index contributed by atoms with van der Waals surface area (Å²) in [5.41, 5.74) is 3.22. The second kappa shape index (κ2) is 5.92. The molecule has 4 heteroatoms. The van der Waals surface area contributed by atoms with Crippen molar-refractivity contribution in [1.29, 1.82) is 0 Å². The molecule has 0 saturated carbocycles. The summed E-state index contributed by atoms with van der Waals surface area (Å²) in [6.07, 6.45) is 1.41. The molecule has 0 bridgehead atoms. The zero-order valence-electron chi connectivity index (χ0n) is 11.2. The Kier molecular flexibility index (Phi) is 4.43. The Morgan fingerprint density at radius 1 is 0.950 bits per heavy atom. The monoisotopic (exact) mass is 274 g/mol. The Morgan fingerprint density at radius 3 is 2.35 bits per heavy atom. The standard InChI is InChI=1S/C16H12O3.Na/c17-15-13-4-2-1-3-10(13)5-6-11-9-12(16(18)19)7-8-14(11)15;/h1-4,7-9H,5-6H2,(H,18,19);/q;+1/p-1. The van der Waals surface area contributed by atoms with Gasteiger partial charge in [-0.05, 0) is 35.6 Å². The van der Waals surface area contributed by atoms with Crippen molar-refractivity contribution >= 4 is 11.8 Å². The molecule has 0 saturated heterocycles. The predicted octanol–water partition coefficient (Wildman–Crippen LogP) is -1.62. The molecule has 1 aliphatic rings. The number of hydrogen-bond acceptors (Lipinski definition) is 3. The largest absolute Gasteiger partial charge is 1.00 e. The second-order valence-electron chi connectivity index (χ2n) is 4.65. The van der Waals surface area contributed by atoms with E-state index in [0.717, 1.165) is 17.5 Å². The van der Waals surface area contributed by atoms with Crippen LogP contribution < -0.4 is 34.7 Å². The first-order valence-electron chi connectivity index (χ1n) is 6.13. The molecular weight excluding hydrogens is 263 g/mol. The van der Waals surface area contributed by atoms with Crippen molar-refractivity contribution in [3.05, 3.63) is 70.3 Å². The van der Waals surface area contributed by atoms with Gasteiger partial charge < -0.3 is 9.90 Å². The van der Waals surface area contributed by atoms with Crippen molar-refractivity contribution in [2.45, 2.75) is 12.8 Å². The number of hydrogen-bond donors (Lipinski definition) is 0. The van der Waals surface area contributed by atoms with Gasteiger partial charge in [-0.3, -0.25) is 4.79 Å². The summed E-state index contributed by atoms with van der Waals surface area (Å²) in [5.74, 6) is -1.25. The van der Waals surface area contributed by atoms with Crippen molar-refractivity contribution in [2.24, 2.45) is 0 Å². The molecule has 20 heavy (non-hydrogen) atoms. The van der Waals surface area contributed by atoms with Gasteiger partial charge in [0.2, 0.25) is 0 Å². The average Bonchev–Trinajstić information content (AvgIpc) is 2.57. The van der Waals surface area contributed by atoms with Gasteiger partial charge in [0.05, 0.1) is 5.97 Å². The average molecular weight is 274 g/mol. The van der Waals surface area contributed by atoms with Crippen molar-refractivity contribution in [2.75, 3.05) is 0 Å². The van der Waals surface area contributed by atoms with Gasteiger partial charge in [-0.15, -0.1) is 0 Å². The third-order valence-corrected chi connectivity index (χ3v) is 3.51. The quantitative estimate of drug-likeness (QED) is 0.588. The summed E-state index contributed by atoms with van der Waals surface area (Å²) in [6.45, 7) is 0. The fourth-order valence-corrected chi connectivity index (χ4v) is 2.52. The van der Waals surface area contributed by atoms with Crippen LogP contribution in [-0.4, -0.2) is 11.8 Å². The minimum atomic E-state index is -1.21. The maximum absolute atomic E-state index is 12.4. The zero-order valence-corrected chi connectivity index (χ0v) is 13.2. The van der Waals surface area contributed by atoms with Gasteiger partial charge in [0.1, 0.15) is 0 Å². The molecule has 3 rings (SSSR count). The van der Waals surface area contributed by atoms with Crippen LogP contribution in [0.25, 0.3) is 0 Å². The Bertz CT molecular complexity index is 692. The Morgan fingerprint density at radius 2 is 1.60 bits per heavy atom. The van der Waals surface area contributed by atoms with Crippen LogP contribution in [0.3, 0.4) is 0 Å². The molecule has 0 aromatic heterocycles. The molecule has 0 N–H and O–H groups in total. The molecule has 3 nitrogen and oxygen atoms in total. The number of carbonyl (C=O) groups excluding carboxylic acids is 2. The van der Waals surface area contributed by atoms with Gasteiger partial charge in [-0.25, -0.2) is 0 Å². The smallest absolute Gasteiger partial charge is 0.545 e. The van der Waals surface area contributed by atoms with Crippen LogP contribution in [0.1, 0.15) is 37.4 Å². The van der Waals surface area contributed by atoms with Gasteiger partial charge in [0.25, 0.3) is 0 Å². The van der Waals surface area contributed by atoms with E-state index in [9.17, 15) is 14.7 Å². The topological polar surface area (TPSA) is 57.2 Å². The molecular formula is C16H11NaO3. The molecule has 1 aliphatic carbocycles. The van der Waals surface area contributed by atoms with E-state index in [-0.39, 0.29) is 40.9 Å². The zero-order chi connectivity index (χ0) is 13.4. The number of carboxylic acids is 1. The normalized spacial score (nSPS) is 12.7. The van der Waals surface area contributed by atoms with Gasteiger partial charge in [0, 0.05) is 11.1 Å². The van der Waals surface area contributed by atoms with Crippen molar-refractivity contribution in [3.8, 4) is 0 Å². The van der Waals surface area contributed by atoms with E-state index in [1.807, 2.05) is 24.3 Å². The summed E-state index contributed by atoms with van der Waals surface area (Å²) < 4.78 is 0. The number of aromatic carboxylic acids is 1. The summed E-state index contributed by atoms with van der Waals surface area (Å²) in [5, 5.41) is 10.9. The molecule has 0 spiro atoms. The minimum absolute atomic E-state index is 0. The molecule has 0 aliphatic heterocycles. The van der Waals surface area contributed by atoms with Gasteiger partial charge in [0.15, 0.2) is 5.78 Å². The molecule has 0 heterocycles. The minimum Gasteiger partial charge on any atom is -0.545 e. The van der Waals surface area contributed by atoms with Crippen LogP contribution in [0.15, 0.2) is 42.5 Å². The van der Waals surface area contributed by atoms with Gasteiger partial charge in [-0.2, -0.15) is 0 Å². The number of rotatable bonds is 1. The fourth-order valence-electron chi connectivity index (χ4n) is 2.52. The molecule has 0 unspecified atom stereocenters. The predicted molar refractivity (Wildman–Crippen MR) is 68.1 cm³/mol. The number of carboxylic acid groups (broad SMARTS) is 1. The molecule has 2 aromatic carbocycles. The van der Waals surface area contributed by atoms with Crippen LogP contribution in [0, 0.1) is 0 Å². The molecule has 94 valence electrons. The van der Waals surface area contributed by atoms with E-state index in [1.54, 1.807) is 12.1 Å². The van der Waals surface area contributed by atoms with Crippen LogP contribution in [0.4, 0.5) is 0 Å². The van der Waals surface area contributed by atoms with E-state index in [0.29, 0.717) is 17.5 Å². The molecule has 0 amide bonds. The molecule has 0 fully saturated rings. The maximum atomic E-state index is 12.4. The first-order valence-corrected chi connectivity index (χ1v) is 6.13. The number of ketones is 1. The maximum Gasteiger partial charge on any atom is 1.00 e. The molecule has 0 atom stereocenters. The summed E-state index contributed by atoms with van der Waals surface area (Å²) in [6, 6.07) is 12.1. The first-order chi connectivity index (χ1) is 9.16. The van der Waals surface area contributed by atoms with Gasteiger partial charge >= 0.3 is 29.6 Å². The summed E-state index contributed by atoms with van der Waals surface area (Å²) >= 11 is 0. The Balaban J connectivity index is 0.00000147. The van der Waals surface area contributed by atoms with E-state index in [4.69, 9.17) is 0 Å². The van der Waals surface area contributed by atoms with Crippen LogP contribution in [-0.2, 0) is 12.8 Å². The Labute approximate surface area is 138 Å².